The van der Waals surface area contributed by atoms with Crippen molar-refractivity contribution in [1.82, 2.24) is 10.2 Å². The molecule has 4 nitrogen and oxygen atoms in total. The van der Waals surface area contributed by atoms with Crippen molar-refractivity contribution in [3.05, 3.63) is 29.8 Å². The molecule has 1 fully saturated rings. The third kappa shape index (κ3) is 4.96. The lowest BCUT2D eigenvalue weighted by Gasteiger charge is -2.22. The molecule has 0 heterocycles. The summed E-state index contributed by atoms with van der Waals surface area (Å²) in [4.78, 5) is 16.3. The van der Waals surface area contributed by atoms with Crippen molar-refractivity contribution in [1.29, 1.82) is 0 Å². The summed E-state index contributed by atoms with van der Waals surface area (Å²) in [5.41, 5.74) is 2.31. The normalized spacial score (nSPS) is 13.9. The van der Waals surface area contributed by atoms with E-state index < -0.39 is 0 Å². The molecule has 0 saturated heterocycles. The van der Waals surface area contributed by atoms with E-state index in [1.165, 1.54) is 18.5 Å². The number of nitrogens with one attached hydrogen (secondary N) is 1. The Morgan fingerprint density at radius 1 is 1.24 bits per heavy atom. The van der Waals surface area contributed by atoms with E-state index in [9.17, 15) is 4.79 Å². The fraction of sp³-hybridized carbons (Fsp3) is 0.588. The smallest absolute Gasteiger partial charge is 0.317 e. The molecule has 4 heteroatoms. The zero-order valence-corrected chi connectivity index (χ0v) is 13.4. The van der Waals surface area contributed by atoms with Crippen molar-refractivity contribution in [3.63, 3.8) is 0 Å². The minimum Gasteiger partial charge on any atom is -0.378 e. The van der Waals surface area contributed by atoms with Crippen LogP contribution in [0.4, 0.5) is 10.5 Å². The van der Waals surface area contributed by atoms with Crippen molar-refractivity contribution in [2.24, 2.45) is 5.92 Å². The van der Waals surface area contributed by atoms with Gasteiger partial charge in [-0.05, 0) is 42.9 Å². The van der Waals surface area contributed by atoms with Crippen LogP contribution in [0.25, 0.3) is 0 Å². The molecule has 0 bridgehead atoms. The van der Waals surface area contributed by atoms with Gasteiger partial charge in [0.2, 0.25) is 0 Å². The van der Waals surface area contributed by atoms with Crippen LogP contribution in [0.5, 0.6) is 0 Å². The Hall–Kier alpha value is -1.71. The second-order valence-corrected chi connectivity index (χ2v) is 6.11. The molecule has 0 spiro atoms. The summed E-state index contributed by atoms with van der Waals surface area (Å²) < 4.78 is 0. The molecule has 1 aliphatic carbocycles. The number of carbonyl (C=O) groups excluding carboxylic acids is 1. The molecule has 0 aliphatic heterocycles. The molecule has 21 heavy (non-hydrogen) atoms. The van der Waals surface area contributed by atoms with Crippen LogP contribution >= 0.6 is 0 Å². The number of rotatable bonds is 7. The fourth-order valence-electron chi connectivity index (χ4n) is 2.36. The van der Waals surface area contributed by atoms with Crippen molar-refractivity contribution in [3.8, 4) is 0 Å². The second-order valence-electron chi connectivity index (χ2n) is 6.11. The molecule has 0 atom stereocenters. The van der Waals surface area contributed by atoms with E-state index in [2.05, 4.69) is 41.4 Å². The number of benzene rings is 1. The highest BCUT2D eigenvalue weighted by molar-refractivity contribution is 5.74. The van der Waals surface area contributed by atoms with Gasteiger partial charge < -0.3 is 15.1 Å². The van der Waals surface area contributed by atoms with Gasteiger partial charge in [0.25, 0.3) is 0 Å². The van der Waals surface area contributed by atoms with Crippen LogP contribution in [-0.4, -0.2) is 38.1 Å². The molecule has 1 saturated carbocycles. The van der Waals surface area contributed by atoms with E-state index >= 15 is 0 Å². The molecule has 0 aromatic heterocycles. The topological polar surface area (TPSA) is 35.6 Å². The lowest BCUT2D eigenvalue weighted by atomic mass is 10.2. The largest absolute Gasteiger partial charge is 0.378 e. The Labute approximate surface area is 128 Å². The number of nitrogens with zero attached hydrogens (tertiary/aromatic N) is 2. The molecular weight excluding hydrogens is 262 g/mol. The Morgan fingerprint density at radius 3 is 2.43 bits per heavy atom. The Morgan fingerprint density at radius 2 is 1.90 bits per heavy atom. The van der Waals surface area contributed by atoms with E-state index in [0.717, 1.165) is 31.0 Å². The van der Waals surface area contributed by atoms with Crippen molar-refractivity contribution in [2.75, 3.05) is 32.1 Å². The number of urea groups is 1. The Kier molecular flexibility index (Phi) is 5.48. The predicted octanol–water partition coefficient (Wildman–Crippen LogP) is 3.08. The van der Waals surface area contributed by atoms with Crippen LogP contribution in [0, 0.1) is 5.92 Å². The Balaban J connectivity index is 1.83. The summed E-state index contributed by atoms with van der Waals surface area (Å²) in [7, 11) is 4.05. The van der Waals surface area contributed by atoms with Crippen LogP contribution < -0.4 is 10.2 Å². The summed E-state index contributed by atoms with van der Waals surface area (Å²) in [6, 6.07) is 8.37. The summed E-state index contributed by atoms with van der Waals surface area (Å²) in [5, 5.41) is 3.04. The van der Waals surface area contributed by atoms with Gasteiger partial charge >= 0.3 is 6.03 Å². The SMILES string of the molecule is CCCN(CC1CC1)C(=O)NCc1ccc(N(C)C)cc1. The van der Waals surface area contributed by atoms with E-state index in [-0.39, 0.29) is 6.03 Å². The first-order valence-electron chi connectivity index (χ1n) is 7.89. The Bertz CT molecular complexity index is 452. The second kappa shape index (κ2) is 7.34. The zero-order valence-electron chi connectivity index (χ0n) is 13.4. The number of anilines is 1. The third-order valence-electron chi connectivity index (χ3n) is 3.85. The third-order valence-corrected chi connectivity index (χ3v) is 3.85. The highest BCUT2D eigenvalue weighted by Crippen LogP contribution is 2.29. The van der Waals surface area contributed by atoms with Gasteiger partial charge in [0.1, 0.15) is 0 Å². The minimum absolute atomic E-state index is 0.0698. The highest BCUT2D eigenvalue weighted by Gasteiger charge is 2.26. The molecule has 1 aromatic carbocycles. The summed E-state index contributed by atoms with van der Waals surface area (Å²) in [5.74, 6) is 0.738. The first kappa shape index (κ1) is 15.7. The van der Waals surface area contributed by atoms with Crippen LogP contribution in [0.15, 0.2) is 24.3 Å². The fourth-order valence-corrected chi connectivity index (χ4v) is 2.36. The molecule has 2 amide bonds. The summed E-state index contributed by atoms with van der Waals surface area (Å²) >= 11 is 0. The molecular formula is C17H27N3O. The highest BCUT2D eigenvalue weighted by atomic mass is 16.2. The van der Waals surface area contributed by atoms with Crippen LogP contribution in [0.2, 0.25) is 0 Å². The maximum Gasteiger partial charge on any atom is 0.317 e. The average Bonchev–Trinajstić information content (AvgIpc) is 3.28. The summed E-state index contributed by atoms with van der Waals surface area (Å²) in [6.07, 6.45) is 3.57. The van der Waals surface area contributed by atoms with E-state index in [0.29, 0.717) is 6.54 Å². The quantitative estimate of drug-likeness (QED) is 0.837. The first-order valence-corrected chi connectivity index (χ1v) is 7.89. The molecule has 1 aliphatic rings. The average molecular weight is 289 g/mol. The van der Waals surface area contributed by atoms with Gasteiger partial charge in [-0.3, -0.25) is 0 Å². The maximum absolute atomic E-state index is 12.3. The molecule has 1 N–H and O–H groups in total. The van der Waals surface area contributed by atoms with E-state index in [1.807, 2.05) is 19.0 Å². The van der Waals surface area contributed by atoms with Crippen molar-refractivity contribution < 1.29 is 4.79 Å². The zero-order chi connectivity index (χ0) is 15.2. The monoisotopic (exact) mass is 289 g/mol. The lowest BCUT2D eigenvalue weighted by molar-refractivity contribution is 0.195. The van der Waals surface area contributed by atoms with Gasteiger partial charge in [0.15, 0.2) is 0 Å². The predicted molar refractivity (Wildman–Crippen MR) is 87.6 cm³/mol. The van der Waals surface area contributed by atoms with Crippen molar-refractivity contribution in [2.45, 2.75) is 32.7 Å². The van der Waals surface area contributed by atoms with Crippen LogP contribution in [-0.2, 0) is 6.54 Å². The maximum atomic E-state index is 12.3. The van der Waals surface area contributed by atoms with Gasteiger partial charge in [-0.25, -0.2) is 4.79 Å². The van der Waals surface area contributed by atoms with Gasteiger partial charge in [-0.2, -0.15) is 0 Å². The van der Waals surface area contributed by atoms with Crippen LogP contribution in [0.3, 0.4) is 0 Å². The molecule has 116 valence electrons. The van der Waals surface area contributed by atoms with Gasteiger partial charge in [-0.15, -0.1) is 0 Å². The molecule has 1 aromatic rings. The van der Waals surface area contributed by atoms with Crippen molar-refractivity contribution >= 4 is 11.7 Å². The summed E-state index contributed by atoms with van der Waals surface area (Å²) in [6.45, 7) is 4.48. The number of hydrogen-bond donors (Lipinski definition) is 1. The molecule has 0 radical (unpaired) electrons. The lowest BCUT2D eigenvalue weighted by Crippen LogP contribution is -2.41. The number of amides is 2. The minimum atomic E-state index is 0.0698. The first-order chi connectivity index (χ1) is 10.1. The number of hydrogen-bond acceptors (Lipinski definition) is 2. The van der Waals surface area contributed by atoms with Gasteiger partial charge in [0.05, 0.1) is 0 Å². The number of carbonyl (C=O) groups is 1. The molecule has 0 unspecified atom stereocenters. The van der Waals surface area contributed by atoms with Crippen LogP contribution in [0.1, 0.15) is 31.7 Å². The van der Waals surface area contributed by atoms with E-state index in [4.69, 9.17) is 0 Å². The van der Waals surface area contributed by atoms with Gasteiger partial charge in [-0.1, -0.05) is 19.1 Å². The van der Waals surface area contributed by atoms with Gasteiger partial charge in [0, 0.05) is 39.4 Å². The molecule has 2 rings (SSSR count). The van der Waals surface area contributed by atoms with E-state index in [1.54, 1.807) is 0 Å². The standard InChI is InChI=1S/C17H27N3O/c1-4-11-20(13-15-5-6-15)17(21)18-12-14-7-9-16(10-8-14)19(2)3/h7-10,15H,4-6,11-13H2,1-3H3,(H,18,21).